The minimum atomic E-state index is -3.65. The number of aromatic nitrogens is 1. The largest absolute Gasteiger partial charge is 0.384 e. The van der Waals surface area contributed by atoms with Gasteiger partial charge in [-0.3, -0.25) is 9.59 Å². The van der Waals surface area contributed by atoms with Crippen molar-refractivity contribution in [3.8, 4) is 0 Å². The number of hydrogen-bond donors (Lipinski definition) is 3. The maximum Gasteiger partial charge on any atom is 0.243 e. The number of likely N-dealkylation sites (N-methyl/N-ethyl adjacent to an activating group) is 1. The van der Waals surface area contributed by atoms with Gasteiger partial charge in [0.05, 0.1) is 16.3 Å². The Morgan fingerprint density at radius 1 is 1.11 bits per heavy atom. The van der Waals surface area contributed by atoms with Crippen LogP contribution in [0.15, 0.2) is 36.5 Å². The minimum absolute atomic E-state index is 0.115. The number of nitrogens with zero attached hydrogens (tertiary/aromatic N) is 2. The number of rotatable bonds is 11. The predicted octanol–water partition coefficient (Wildman–Crippen LogP) is 2.62. The third-order valence-electron chi connectivity index (χ3n) is 5.74. The summed E-state index contributed by atoms with van der Waals surface area (Å²) in [5, 5.41) is 6.21. The molecular formula is C23H31Cl2N5O4S. The van der Waals surface area contributed by atoms with E-state index in [2.05, 4.69) is 15.6 Å². The second-order valence-corrected chi connectivity index (χ2v) is 11.3. The maximum absolute atomic E-state index is 13.3. The highest BCUT2D eigenvalue weighted by Crippen LogP contribution is 2.23. The first-order valence-electron chi connectivity index (χ1n) is 11.0. The Bertz CT molecular complexity index is 1150. The van der Waals surface area contributed by atoms with Gasteiger partial charge in [0.2, 0.25) is 21.8 Å². The lowest BCUT2D eigenvalue weighted by Gasteiger charge is -2.31. The Morgan fingerprint density at radius 2 is 1.77 bits per heavy atom. The van der Waals surface area contributed by atoms with Gasteiger partial charge in [-0.25, -0.2) is 13.4 Å². The van der Waals surface area contributed by atoms with Gasteiger partial charge in [-0.1, -0.05) is 55.6 Å². The van der Waals surface area contributed by atoms with E-state index < -0.39 is 33.9 Å². The van der Waals surface area contributed by atoms with Gasteiger partial charge < -0.3 is 16.4 Å². The van der Waals surface area contributed by atoms with Crippen LogP contribution >= 0.6 is 23.2 Å². The Kier molecular flexibility index (Phi) is 10.3. The fraction of sp³-hybridized carbons (Fsp3) is 0.435. The summed E-state index contributed by atoms with van der Waals surface area (Å²) in [7, 11) is -2.30. The van der Waals surface area contributed by atoms with E-state index in [1.54, 1.807) is 43.5 Å². The van der Waals surface area contributed by atoms with Crippen LogP contribution in [0.3, 0.4) is 0 Å². The van der Waals surface area contributed by atoms with Crippen LogP contribution in [0.2, 0.25) is 10.0 Å². The zero-order chi connectivity index (χ0) is 26.3. The number of nitrogen functional groups attached to an aromatic ring is 1. The van der Waals surface area contributed by atoms with Crippen molar-refractivity contribution in [2.75, 3.05) is 19.0 Å². The second-order valence-electron chi connectivity index (χ2n) is 8.43. The van der Waals surface area contributed by atoms with Gasteiger partial charge in [0.25, 0.3) is 0 Å². The first kappa shape index (κ1) is 28.8. The second kappa shape index (κ2) is 12.5. The number of nitrogens with two attached hydrogens (primary N) is 1. The molecule has 2 amide bonds. The van der Waals surface area contributed by atoms with Gasteiger partial charge in [0.1, 0.15) is 17.9 Å². The van der Waals surface area contributed by atoms with Crippen LogP contribution in [0.25, 0.3) is 0 Å². The van der Waals surface area contributed by atoms with E-state index in [0.29, 0.717) is 27.8 Å². The summed E-state index contributed by atoms with van der Waals surface area (Å²) in [6.45, 7) is 3.81. The molecule has 4 N–H and O–H groups in total. The number of nitrogens with one attached hydrogen (secondary N) is 2. The molecule has 0 spiro atoms. The summed E-state index contributed by atoms with van der Waals surface area (Å²) in [5.41, 5.74) is 7.00. The third-order valence-corrected chi connectivity index (χ3v) is 7.75. The number of hydrogen-bond acceptors (Lipinski definition) is 6. The molecule has 0 aliphatic carbocycles. The van der Waals surface area contributed by atoms with Crippen molar-refractivity contribution in [1.82, 2.24) is 19.9 Å². The van der Waals surface area contributed by atoms with Crippen LogP contribution in [0, 0.1) is 5.92 Å². The van der Waals surface area contributed by atoms with E-state index in [1.807, 2.05) is 6.92 Å². The lowest BCUT2D eigenvalue weighted by molar-refractivity contribution is -0.131. The molecule has 0 bridgehead atoms. The highest BCUT2D eigenvalue weighted by molar-refractivity contribution is 7.88. The molecule has 9 nitrogen and oxygen atoms in total. The average molecular weight is 545 g/mol. The van der Waals surface area contributed by atoms with Crippen molar-refractivity contribution in [2.45, 2.75) is 45.3 Å². The fourth-order valence-corrected chi connectivity index (χ4v) is 4.47. The number of halogens is 2. The zero-order valence-corrected chi connectivity index (χ0v) is 22.4. The summed E-state index contributed by atoms with van der Waals surface area (Å²) >= 11 is 12.1. The maximum atomic E-state index is 13.3. The minimum Gasteiger partial charge on any atom is -0.384 e. The van der Waals surface area contributed by atoms with Gasteiger partial charge in [-0.2, -0.15) is 4.31 Å². The normalized spacial score (nSPS) is 14.3. The fourth-order valence-electron chi connectivity index (χ4n) is 3.43. The molecule has 192 valence electrons. The van der Waals surface area contributed by atoms with E-state index in [-0.39, 0.29) is 18.9 Å². The topological polar surface area (TPSA) is 134 Å². The number of anilines is 1. The zero-order valence-electron chi connectivity index (χ0n) is 20.1. The van der Waals surface area contributed by atoms with Crippen molar-refractivity contribution in [1.29, 1.82) is 0 Å². The molecule has 0 saturated heterocycles. The molecule has 0 saturated carbocycles. The van der Waals surface area contributed by atoms with Gasteiger partial charge in [0.15, 0.2) is 0 Å². The van der Waals surface area contributed by atoms with E-state index in [0.717, 1.165) is 16.1 Å². The highest BCUT2D eigenvalue weighted by Gasteiger charge is 2.35. The monoisotopic (exact) mass is 543 g/mol. The Labute approximate surface area is 216 Å². The molecule has 1 heterocycles. The number of carbonyl (C=O) groups excluding carboxylic acids is 2. The quantitative estimate of drug-likeness (QED) is 0.398. The first-order valence-corrected chi connectivity index (χ1v) is 13.6. The molecule has 1 aromatic heterocycles. The Morgan fingerprint density at radius 3 is 2.31 bits per heavy atom. The van der Waals surface area contributed by atoms with Crippen molar-refractivity contribution in [3.63, 3.8) is 0 Å². The van der Waals surface area contributed by atoms with Crippen LogP contribution in [0.4, 0.5) is 5.82 Å². The lowest BCUT2D eigenvalue weighted by Crippen LogP contribution is -2.56. The molecule has 12 heteroatoms. The van der Waals surface area contributed by atoms with Crippen LogP contribution in [0.5, 0.6) is 0 Å². The smallest absolute Gasteiger partial charge is 0.243 e. The van der Waals surface area contributed by atoms with Crippen molar-refractivity contribution in [2.24, 2.45) is 5.92 Å². The number of pyridine rings is 1. The van der Waals surface area contributed by atoms with Gasteiger partial charge in [-0.15, -0.1) is 0 Å². The molecule has 2 aromatic rings. The van der Waals surface area contributed by atoms with Crippen LogP contribution < -0.4 is 16.4 Å². The van der Waals surface area contributed by atoms with Gasteiger partial charge >= 0.3 is 0 Å². The summed E-state index contributed by atoms with van der Waals surface area (Å²) in [5.74, 6) is -0.951. The Hall–Kier alpha value is -2.40. The summed E-state index contributed by atoms with van der Waals surface area (Å²) in [6.07, 6.45) is 3.26. The van der Waals surface area contributed by atoms with Crippen LogP contribution in [-0.4, -0.2) is 54.9 Å². The molecule has 0 radical (unpaired) electrons. The Balaban J connectivity index is 2.29. The standard InChI is InChI=1S/C23H31Cl2N5O4S/c1-5-14(2)21(30(3)35(4,33)34)23(32)29-19(11-15-6-8-17(24)18(25)10-15)22(31)28-13-16-7-9-20(26)27-12-16/h6-10,12,14,19,21H,5,11,13H2,1-4H3,(H2,26,27)(H,28,31)(H,29,32)/t14?,19-,21+/m0/s1. The summed E-state index contributed by atoms with van der Waals surface area (Å²) < 4.78 is 25.4. The summed E-state index contributed by atoms with van der Waals surface area (Å²) in [6, 6.07) is 6.30. The van der Waals surface area contributed by atoms with Gasteiger partial charge in [-0.05, 0) is 35.2 Å². The van der Waals surface area contributed by atoms with Crippen LogP contribution in [-0.2, 0) is 32.6 Å². The molecule has 2 rings (SSSR count). The summed E-state index contributed by atoms with van der Waals surface area (Å²) in [4.78, 5) is 30.4. The first-order chi connectivity index (χ1) is 16.3. The third kappa shape index (κ3) is 8.34. The number of carbonyl (C=O) groups is 2. The van der Waals surface area contributed by atoms with E-state index in [9.17, 15) is 18.0 Å². The molecule has 35 heavy (non-hydrogen) atoms. The number of amides is 2. The van der Waals surface area contributed by atoms with E-state index in [4.69, 9.17) is 28.9 Å². The van der Waals surface area contributed by atoms with Crippen molar-refractivity contribution >= 4 is 50.9 Å². The van der Waals surface area contributed by atoms with Crippen molar-refractivity contribution in [3.05, 3.63) is 57.7 Å². The predicted molar refractivity (Wildman–Crippen MR) is 138 cm³/mol. The van der Waals surface area contributed by atoms with Gasteiger partial charge in [0, 0.05) is 26.2 Å². The molecule has 1 unspecified atom stereocenters. The number of sulfonamides is 1. The highest BCUT2D eigenvalue weighted by atomic mass is 35.5. The average Bonchev–Trinajstić information content (AvgIpc) is 2.79. The molecule has 0 aliphatic heterocycles. The van der Waals surface area contributed by atoms with Crippen molar-refractivity contribution < 1.29 is 18.0 Å². The van der Waals surface area contributed by atoms with E-state index >= 15 is 0 Å². The van der Waals surface area contributed by atoms with Crippen LogP contribution in [0.1, 0.15) is 31.4 Å². The van der Waals surface area contributed by atoms with E-state index in [1.165, 1.54) is 7.05 Å². The number of benzene rings is 1. The molecule has 0 fully saturated rings. The lowest BCUT2D eigenvalue weighted by atomic mass is 9.97. The molecular weight excluding hydrogens is 513 g/mol. The molecule has 0 aliphatic rings. The molecule has 3 atom stereocenters. The SMILES string of the molecule is CCC(C)[C@H](C(=O)N[C@@H](Cc1ccc(Cl)c(Cl)c1)C(=O)NCc1ccc(N)nc1)N(C)S(C)(=O)=O. The molecule has 1 aromatic carbocycles.